The Morgan fingerprint density at radius 2 is 2.00 bits per heavy atom. The Kier molecular flexibility index (Phi) is 6.45. The SMILES string of the molecule is CC(C)Cn1ncnc1CN(C)CCC(N)C(C)C. The van der Waals surface area contributed by atoms with Gasteiger partial charge in [-0.3, -0.25) is 4.90 Å². The van der Waals surface area contributed by atoms with Crippen molar-refractivity contribution in [1.29, 1.82) is 0 Å². The molecule has 0 aliphatic rings. The van der Waals surface area contributed by atoms with Crippen LogP contribution in [-0.4, -0.2) is 39.3 Å². The van der Waals surface area contributed by atoms with Gasteiger partial charge in [0, 0.05) is 12.6 Å². The molecular weight excluding hydrogens is 238 g/mol. The minimum atomic E-state index is 0.274. The minimum absolute atomic E-state index is 0.274. The highest BCUT2D eigenvalue weighted by Gasteiger charge is 2.12. The van der Waals surface area contributed by atoms with Crippen molar-refractivity contribution < 1.29 is 0 Å². The average Bonchev–Trinajstić information content (AvgIpc) is 2.72. The van der Waals surface area contributed by atoms with E-state index in [1.165, 1.54) is 0 Å². The van der Waals surface area contributed by atoms with E-state index >= 15 is 0 Å². The summed E-state index contributed by atoms with van der Waals surface area (Å²) in [6, 6.07) is 0.274. The van der Waals surface area contributed by atoms with Crippen molar-refractivity contribution in [2.75, 3.05) is 13.6 Å². The highest BCUT2D eigenvalue weighted by Crippen LogP contribution is 2.07. The van der Waals surface area contributed by atoms with Crippen molar-refractivity contribution in [3.8, 4) is 0 Å². The molecule has 0 saturated heterocycles. The van der Waals surface area contributed by atoms with Gasteiger partial charge in [0.05, 0.1) is 6.54 Å². The van der Waals surface area contributed by atoms with E-state index in [9.17, 15) is 0 Å². The van der Waals surface area contributed by atoms with Crippen LogP contribution in [0, 0.1) is 11.8 Å². The van der Waals surface area contributed by atoms with Gasteiger partial charge in [-0.25, -0.2) is 9.67 Å². The summed E-state index contributed by atoms with van der Waals surface area (Å²) in [7, 11) is 2.11. The summed E-state index contributed by atoms with van der Waals surface area (Å²) < 4.78 is 2.00. The van der Waals surface area contributed by atoms with E-state index in [0.29, 0.717) is 11.8 Å². The first kappa shape index (κ1) is 16.1. The summed E-state index contributed by atoms with van der Waals surface area (Å²) in [4.78, 5) is 6.62. The zero-order chi connectivity index (χ0) is 14.4. The third-order valence-corrected chi connectivity index (χ3v) is 3.35. The van der Waals surface area contributed by atoms with Crippen LogP contribution in [0.1, 0.15) is 39.9 Å². The smallest absolute Gasteiger partial charge is 0.141 e. The molecule has 110 valence electrons. The molecule has 1 aromatic rings. The van der Waals surface area contributed by atoms with Crippen LogP contribution in [0.4, 0.5) is 0 Å². The number of nitrogens with two attached hydrogens (primary N) is 1. The lowest BCUT2D eigenvalue weighted by Crippen LogP contribution is -2.32. The lowest BCUT2D eigenvalue weighted by molar-refractivity contribution is 0.282. The van der Waals surface area contributed by atoms with Crippen LogP contribution in [0.15, 0.2) is 6.33 Å². The second-order valence-corrected chi connectivity index (χ2v) is 6.19. The van der Waals surface area contributed by atoms with E-state index < -0.39 is 0 Å². The molecule has 19 heavy (non-hydrogen) atoms. The van der Waals surface area contributed by atoms with Crippen molar-refractivity contribution in [2.45, 2.75) is 53.2 Å². The molecule has 1 heterocycles. The third kappa shape index (κ3) is 5.70. The van der Waals surface area contributed by atoms with Crippen LogP contribution in [0.2, 0.25) is 0 Å². The Labute approximate surface area is 117 Å². The van der Waals surface area contributed by atoms with Crippen LogP contribution in [0.5, 0.6) is 0 Å². The summed E-state index contributed by atoms with van der Waals surface area (Å²) in [6.07, 6.45) is 2.66. The number of hydrogen-bond donors (Lipinski definition) is 1. The molecule has 0 saturated carbocycles. The Morgan fingerprint density at radius 3 is 2.58 bits per heavy atom. The van der Waals surface area contributed by atoms with Crippen LogP contribution in [0.3, 0.4) is 0 Å². The van der Waals surface area contributed by atoms with Crippen molar-refractivity contribution in [2.24, 2.45) is 17.6 Å². The molecule has 0 amide bonds. The normalized spacial score (nSPS) is 13.7. The van der Waals surface area contributed by atoms with E-state index in [1.807, 2.05) is 4.68 Å². The van der Waals surface area contributed by atoms with Gasteiger partial charge in [0.25, 0.3) is 0 Å². The van der Waals surface area contributed by atoms with Gasteiger partial charge >= 0.3 is 0 Å². The predicted octanol–water partition coefficient (Wildman–Crippen LogP) is 1.74. The molecule has 0 aliphatic heterocycles. The highest BCUT2D eigenvalue weighted by molar-refractivity contribution is 4.84. The fourth-order valence-electron chi connectivity index (χ4n) is 1.93. The standard InChI is InChI=1S/C14H29N5/c1-11(2)8-19-14(16-10-17-19)9-18(5)7-6-13(15)12(3)4/h10-13H,6-9,15H2,1-5H3. The van der Waals surface area contributed by atoms with Gasteiger partial charge < -0.3 is 5.73 Å². The minimum Gasteiger partial charge on any atom is -0.327 e. The third-order valence-electron chi connectivity index (χ3n) is 3.35. The first-order valence-corrected chi connectivity index (χ1v) is 7.21. The molecule has 5 heteroatoms. The van der Waals surface area contributed by atoms with Gasteiger partial charge in [-0.15, -0.1) is 0 Å². The molecule has 2 N–H and O–H groups in total. The lowest BCUT2D eigenvalue weighted by atomic mass is 10.0. The Bertz CT molecular complexity index is 358. The van der Waals surface area contributed by atoms with Gasteiger partial charge in [-0.2, -0.15) is 5.10 Å². The van der Waals surface area contributed by atoms with Crippen molar-refractivity contribution >= 4 is 0 Å². The molecule has 0 radical (unpaired) electrons. The predicted molar refractivity (Wildman–Crippen MR) is 78.6 cm³/mol. The molecule has 1 rings (SSSR count). The molecule has 0 aromatic carbocycles. The lowest BCUT2D eigenvalue weighted by Gasteiger charge is -2.21. The first-order chi connectivity index (χ1) is 8.90. The molecule has 1 unspecified atom stereocenters. The largest absolute Gasteiger partial charge is 0.327 e. The van der Waals surface area contributed by atoms with E-state index in [1.54, 1.807) is 6.33 Å². The average molecular weight is 267 g/mol. The maximum atomic E-state index is 6.07. The summed E-state index contributed by atoms with van der Waals surface area (Å²) in [5, 5.41) is 4.29. The molecular formula is C14H29N5. The molecule has 0 aliphatic carbocycles. The maximum Gasteiger partial charge on any atom is 0.141 e. The first-order valence-electron chi connectivity index (χ1n) is 7.21. The van der Waals surface area contributed by atoms with Crippen LogP contribution in [0.25, 0.3) is 0 Å². The zero-order valence-electron chi connectivity index (χ0n) is 13.0. The number of nitrogens with zero attached hydrogens (tertiary/aromatic N) is 4. The van der Waals surface area contributed by atoms with Gasteiger partial charge in [0.2, 0.25) is 0 Å². The number of hydrogen-bond acceptors (Lipinski definition) is 4. The molecule has 5 nitrogen and oxygen atoms in total. The summed E-state index contributed by atoms with van der Waals surface area (Å²) in [5.41, 5.74) is 6.07. The van der Waals surface area contributed by atoms with Gasteiger partial charge in [0.1, 0.15) is 12.2 Å². The van der Waals surface area contributed by atoms with E-state index in [4.69, 9.17) is 5.73 Å². The van der Waals surface area contributed by atoms with Gasteiger partial charge in [-0.05, 0) is 31.8 Å². The summed E-state index contributed by atoms with van der Waals surface area (Å²) >= 11 is 0. The second kappa shape index (κ2) is 7.60. The van der Waals surface area contributed by atoms with E-state index in [-0.39, 0.29) is 6.04 Å². The zero-order valence-corrected chi connectivity index (χ0v) is 13.0. The quantitative estimate of drug-likeness (QED) is 0.779. The molecule has 0 bridgehead atoms. The summed E-state index contributed by atoms with van der Waals surface area (Å²) in [6.45, 7) is 11.5. The molecule has 0 spiro atoms. The van der Waals surface area contributed by atoms with Crippen molar-refractivity contribution in [3.05, 3.63) is 12.2 Å². The highest BCUT2D eigenvalue weighted by atomic mass is 15.3. The van der Waals surface area contributed by atoms with Crippen molar-refractivity contribution in [3.63, 3.8) is 0 Å². The fraction of sp³-hybridized carbons (Fsp3) is 0.857. The van der Waals surface area contributed by atoms with Crippen LogP contribution < -0.4 is 5.73 Å². The Hall–Kier alpha value is -0.940. The van der Waals surface area contributed by atoms with Gasteiger partial charge in [-0.1, -0.05) is 27.7 Å². The van der Waals surface area contributed by atoms with E-state index in [0.717, 1.165) is 31.9 Å². The maximum absolute atomic E-state index is 6.07. The number of rotatable bonds is 8. The molecule has 1 aromatic heterocycles. The Balaban J connectivity index is 2.44. The second-order valence-electron chi connectivity index (χ2n) is 6.19. The van der Waals surface area contributed by atoms with Gasteiger partial charge in [0.15, 0.2) is 0 Å². The fourth-order valence-corrected chi connectivity index (χ4v) is 1.93. The monoisotopic (exact) mass is 267 g/mol. The Morgan fingerprint density at radius 1 is 1.32 bits per heavy atom. The number of aromatic nitrogens is 3. The topological polar surface area (TPSA) is 60.0 Å². The van der Waals surface area contributed by atoms with Crippen LogP contribution >= 0.6 is 0 Å². The van der Waals surface area contributed by atoms with E-state index in [2.05, 4.69) is 49.7 Å². The molecule has 0 fully saturated rings. The molecule has 1 atom stereocenters. The van der Waals surface area contributed by atoms with Crippen molar-refractivity contribution in [1.82, 2.24) is 19.7 Å². The summed E-state index contributed by atoms with van der Waals surface area (Å²) in [5.74, 6) is 2.16. The van der Waals surface area contributed by atoms with Crippen LogP contribution in [-0.2, 0) is 13.1 Å².